The molecule has 1 fully saturated rings. The van der Waals surface area contributed by atoms with Crippen LogP contribution < -0.4 is 5.73 Å². The molecule has 2 aromatic rings. The highest BCUT2D eigenvalue weighted by Gasteiger charge is 2.29. The molecule has 1 saturated heterocycles. The Balaban J connectivity index is 1.46. The molecule has 1 aliphatic rings. The minimum absolute atomic E-state index is 0.0635. The minimum Gasteiger partial charge on any atom is -0.441 e. The molecule has 0 aliphatic carbocycles. The van der Waals surface area contributed by atoms with Crippen molar-refractivity contribution >= 4 is 11.8 Å². The second-order valence-corrected chi connectivity index (χ2v) is 6.07. The summed E-state index contributed by atoms with van der Waals surface area (Å²) in [6.45, 7) is 1.06. The van der Waals surface area contributed by atoms with Crippen molar-refractivity contribution in [2.45, 2.75) is 25.7 Å². The summed E-state index contributed by atoms with van der Waals surface area (Å²) in [6, 6.07) is 9.79. The fraction of sp³-hybridized carbons (Fsp3) is 0.389. The molecule has 1 aliphatic heterocycles. The third-order valence-corrected chi connectivity index (χ3v) is 4.34. The van der Waals surface area contributed by atoms with Crippen molar-refractivity contribution in [2.75, 3.05) is 13.1 Å². The van der Waals surface area contributed by atoms with Crippen molar-refractivity contribution in [1.82, 2.24) is 9.88 Å². The molecule has 24 heavy (non-hydrogen) atoms. The van der Waals surface area contributed by atoms with E-state index in [1.54, 1.807) is 11.1 Å². The van der Waals surface area contributed by atoms with E-state index in [4.69, 9.17) is 10.2 Å². The normalized spacial score (nSPS) is 17.2. The largest absolute Gasteiger partial charge is 0.441 e. The van der Waals surface area contributed by atoms with Crippen LogP contribution >= 0.6 is 0 Å². The molecule has 2 N–H and O–H groups in total. The number of primary amides is 1. The zero-order chi connectivity index (χ0) is 16.9. The highest BCUT2D eigenvalue weighted by Crippen LogP contribution is 2.21. The van der Waals surface area contributed by atoms with Gasteiger partial charge in [0.15, 0.2) is 11.7 Å². The molecule has 126 valence electrons. The van der Waals surface area contributed by atoms with Gasteiger partial charge in [0, 0.05) is 31.5 Å². The predicted molar refractivity (Wildman–Crippen MR) is 88.8 cm³/mol. The van der Waals surface area contributed by atoms with E-state index in [1.807, 2.05) is 30.3 Å². The Bertz CT molecular complexity index is 711. The average molecular weight is 327 g/mol. The number of aryl methyl sites for hydroxylation is 1. The van der Waals surface area contributed by atoms with Crippen LogP contribution in [-0.2, 0) is 16.0 Å². The van der Waals surface area contributed by atoms with E-state index in [2.05, 4.69) is 4.98 Å². The van der Waals surface area contributed by atoms with Gasteiger partial charge in [-0.2, -0.15) is 0 Å². The summed E-state index contributed by atoms with van der Waals surface area (Å²) in [5.41, 5.74) is 6.28. The lowest BCUT2D eigenvalue weighted by Crippen LogP contribution is -2.31. The molecule has 1 aromatic heterocycles. The first-order chi connectivity index (χ1) is 11.6. The SMILES string of the molecule is NC(=O)[C@H]1CCN(C(=O)CCCc2ncc(-c3ccccc3)o2)C1. The topological polar surface area (TPSA) is 89.4 Å². The van der Waals surface area contributed by atoms with Crippen LogP contribution in [0.4, 0.5) is 0 Å². The van der Waals surface area contributed by atoms with Crippen LogP contribution in [0.15, 0.2) is 40.9 Å². The van der Waals surface area contributed by atoms with Gasteiger partial charge in [-0.15, -0.1) is 0 Å². The second-order valence-electron chi connectivity index (χ2n) is 6.07. The molecule has 1 atom stereocenters. The van der Waals surface area contributed by atoms with E-state index in [-0.39, 0.29) is 17.7 Å². The van der Waals surface area contributed by atoms with Gasteiger partial charge < -0.3 is 15.1 Å². The van der Waals surface area contributed by atoms with E-state index in [1.165, 1.54) is 0 Å². The van der Waals surface area contributed by atoms with Gasteiger partial charge in [0.05, 0.1) is 12.1 Å². The lowest BCUT2D eigenvalue weighted by molar-refractivity contribution is -0.130. The van der Waals surface area contributed by atoms with Crippen LogP contribution in [0.5, 0.6) is 0 Å². The summed E-state index contributed by atoms with van der Waals surface area (Å²) in [5, 5.41) is 0. The van der Waals surface area contributed by atoms with Gasteiger partial charge in [0.2, 0.25) is 11.8 Å². The van der Waals surface area contributed by atoms with Crippen LogP contribution in [0.1, 0.15) is 25.2 Å². The molecule has 3 rings (SSSR count). The Morgan fingerprint density at radius 3 is 2.79 bits per heavy atom. The zero-order valence-corrected chi connectivity index (χ0v) is 13.5. The molecular formula is C18H21N3O3. The van der Waals surface area contributed by atoms with Gasteiger partial charge in [-0.05, 0) is 12.8 Å². The average Bonchev–Trinajstić information content (AvgIpc) is 3.25. The van der Waals surface area contributed by atoms with Crippen molar-refractivity contribution in [2.24, 2.45) is 11.7 Å². The molecule has 0 spiro atoms. The highest BCUT2D eigenvalue weighted by atomic mass is 16.4. The van der Waals surface area contributed by atoms with Gasteiger partial charge in [-0.25, -0.2) is 4.98 Å². The van der Waals surface area contributed by atoms with Gasteiger partial charge in [-0.3, -0.25) is 9.59 Å². The Hall–Kier alpha value is -2.63. The number of benzene rings is 1. The van der Waals surface area contributed by atoms with Crippen LogP contribution in [0.2, 0.25) is 0 Å². The first-order valence-electron chi connectivity index (χ1n) is 8.20. The summed E-state index contributed by atoms with van der Waals surface area (Å²) in [6.07, 6.45) is 4.09. The second kappa shape index (κ2) is 7.29. The van der Waals surface area contributed by atoms with Crippen LogP contribution in [0, 0.1) is 5.92 Å². The van der Waals surface area contributed by atoms with Gasteiger partial charge in [-0.1, -0.05) is 30.3 Å². The first-order valence-corrected chi connectivity index (χ1v) is 8.20. The van der Waals surface area contributed by atoms with E-state index in [0.29, 0.717) is 44.7 Å². The van der Waals surface area contributed by atoms with Crippen LogP contribution in [0.3, 0.4) is 0 Å². The fourth-order valence-corrected chi connectivity index (χ4v) is 2.93. The lowest BCUT2D eigenvalue weighted by Gasteiger charge is -2.15. The van der Waals surface area contributed by atoms with Gasteiger partial charge in [0.25, 0.3) is 0 Å². The number of hydrogen-bond acceptors (Lipinski definition) is 4. The predicted octanol–water partition coefficient (Wildman–Crippen LogP) is 2.00. The number of nitrogens with two attached hydrogens (primary N) is 1. The minimum atomic E-state index is -0.321. The number of carbonyl (C=O) groups is 2. The zero-order valence-electron chi connectivity index (χ0n) is 13.5. The van der Waals surface area contributed by atoms with E-state index in [9.17, 15) is 9.59 Å². The van der Waals surface area contributed by atoms with Gasteiger partial charge >= 0.3 is 0 Å². The summed E-state index contributed by atoms with van der Waals surface area (Å²) in [5.74, 6) is 0.917. The molecule has 0 radical (unpaired) electrons. The number of hydrogen-bond donors (Lipinski definition) is 1. The summed E-state index contributed by atoms with van der Waals surface area (Å²) in [4.78, 5) is 29.3. The standard InChI is InChI=1S/C18H21N3O3/c19-18(23)14-9-10-21(12-14)17(22)8-4-7-16-20-11-15(24-16)13-5-2-1-3-6-13/h1-3,5-6,11,14H,4,7-10,12H2,(H2,19,23)/t14-/m0/s1. The summed E-state index contributed by atoms with van der Waals surface area (Å²) < 4.78 is 5.73. The molecule has 2 heterocycles. The molecule has 0 saturated carbocycles. The van der Waals surface area contributed by atoms with Crippen molar-refractivity contribution < 1.29 is 14.0 Å². The highest BCUT2D eigenvalue weighted by molar-refractivity contribution is 5.81. The summed E-state index contributed by atoms with van der Waals surface area (Å²) >= 11 is 0. The number of aromatic nitrogens is 1. The molecule has 0 unspecified atom stereocenters. The smallest absolute Gasteiger partial charge is 0.222 e. The number of amides is 2. The monoisotopic (exact) mass is 327 g/mol. The van der Waals surface area contributed by atoms with Crippen molar-refractivity contribution in [3.05, 3.63) is 42.4 Å². The van der Waals surface area contributed by atoms with Crippen molar-refractivity contribution in [3.8, 4) is 11.3 Å². The van der Waals surface area contributed by atoms with E-state index < -0.39 is 0 Å². The number of likely N-dealkylation sites (tertiary alicyclic amines) is 1. The molecular weight excluding hydrogens is 306 g/mol. The van der Waals surface area contributed by atoms with E-state index in [0.717, 1.165) is 11.3 Å². The Morgan fingerprint density at radius 2 is 2.08 bits per heavy atom. The number of carbonyl (C=O) groups excluding carboxylic acids is 2. The maximum Gasteiger partial charge on any atom is 0.222 e. The molecule has 1 aromatic carbocycles. The number of oxazole rings is 1. The number of rotatable bonds is 6. The van der Waals surface area contributed by atoms with E-state index >= 15 is 0 Å². The van der Waals surface area contributed by atoms with Gasteiger partial charge in [0.1, 0.15) is 0 Å². The lowest BCUT2D eigenvalue weighted by atomic mass is 10.1. The maximum atomic E-state index is 12.2. The third kappa shape index (κ3) is 3.82. The Morgan fingerprint density at radius 1 is 1.29 bits per heavy atom. The van der Waals surface area contributed by atoms with Crippen LogP contribution in [-0.4, -0.2) is 34.8 Å². The Kier molecular flexibility index (Phi) is 4.93. The van der Waals surface area contributed by atoms with Crippen LogP contribution in [0.25, 0.3) is 11.3 Å². The van der Waals surface area contributed by atoms with Crippen molar-refractivity contribution in [3.63, 3.8) is 0 Å². The fourth-order valence-electron chi connectivity index (χ4n) is 2.93. The maximum absolute atomic E-state index is 12.2. The summed E-state index contributed by atoms with van der Waals surface area (Å²) in [7, 11) is 0. The number of nitrogens with zero attached hydrogens (tertiary/aromatic N) is 2. The quantitative estimate of drug-likeness (QED) is 0.878. The Labute approximate surface area is 140 Å². The first kappa shape index (κ1) is 16.2. The van der Waals surface area contributed by atoms with Crippen molar-refractivity contribution in [1.29, 1.82) is 0 Å². The molecule has 6 nitrogen and oxygen atoms in total. The molecule has 6 heteroatoms. The molecule has 2 amide bonds. The molecule has 0 bridgehead atoms. The third-order valence-electron chi connectivity index (χ3n) is 4.34.